The Balaban J connectivity index is 2.88. The zero-order chi connectivity index (χ0) is 12.1. The molecule has 0 fully saturated rings. The van der Waals surface area contributed by atoms with E-state index >= 15 is 0 Å². The van der Waals surface area contributed by atoms with Crippen LogP contribution in [0.2, 0.25) is 0 Å². The van der Waals surface area contributed by atoms with Crippen molar-refractivity contribution in [3.05, 3.63) is 0 Å². The number of nitrogens with one attached hydrogen (secondary N) is 3. The number of rotatable bonds is 12. The van der Waals surface area contributed by atoms with Gasteiger partial charge in [-0.2, -0.15) is 0 Å². The lowest BCUT2D eigenvalue weighted by Gasteiger charge is -2.08. The maximum atomic E-state index is 5.47. The van der Waals surface area contributed by atoms with Crippen LogP contribution < -0.4 is 15.4 Å². The van der Waals surface area contributed by atoms with Gasteiger partial charge in [0.05, 0.1) is 13.2 Å². The molecule has 0 spiro atoms. The molecule has 4 nitrogen and oxygen atoms in total. The first-order valence-electron chi connectivity index (χ1n) is 6.02. The van der Waals surface area contributed by atoms with Gasteiger partial charge in [-0.3, -0.25) is 4.72 Å². The molecule has 16 heavy (non-hydrogen) atoms. The summed E-state index contributed by atoms with van der Waals surface area (Å²) in [7, 11) is 0. The van der Waals surface area contributed by atoms with Crippen molar-refractivity contribution in [2.24, 2.45) is 5.92 Å². The van der Waals surface area contributed by atoms with Crippen molar-refractivity contribution in [2.45, 2.75) is 13.8 Å². The molecule has 0 aliphatic carbocycles. The van der Waals surface area contributed by atoms with E-state index in [0.717, 1.165) is 45.9 Å². The summed E-state index contributed by atoms with van der Waals surface area (Å²) in [5, 5.41) is 6.65. The first kappa shape index (κ1) is 16.2. The molecule has 0 aliphatic heterocycles. The molecule has 0 aromatic carbocycles. The standard InChI is InChI=1S/C11H27N3OS/c1-11(2)10-13-7-9-15-8-6-12-4-5-14-16-3/h11-14H,4-10H2,1-3H3. The molecule has 3 N–H and O–H groups in total. The average molecular weight is 249 g/mol. The highest BCUT2D eigenvalue weighted by atomic mass is 32.2. The van der Waals surface area contributed by atoms with Crippen LogP contribution in [-0.2, 0) is 4.74 Å². The minimum absolute atomic E-state index is 0.714. The lowest BCUT2D eigenvalue weighted by molar-refractivity contribution is 0.137. The number of hydrogen-bond donors (Lipinski definition) is 3. The summed E-state index contributed by atoms with van der Waals surface area (Å²) in [6, 6.07) is 0. The van der Waals surface area contributed by atoms with E-state index in [4.69, 9.17) is 4.74 Å². The van der Waals surface area contributed by atoms with Crippen molar-refractivity contribution < 1.29 is 4.74 Å². The molecular weight excluding hydrogens is 222 g/mol. The van der Waals surface area contributed by atoms with Crippen LogP contribution in [0.1, 0.15) is 13.8 Å². The molecule has 0 aliphatic rings. The van der Waals surface area contributed by atoms with E-state index in [9.17, 15) is 0 Å². The fourth-order valence-corrected chi connectivity index (χ4v) is 1.45. The summed E-state index contributed by atoms with van der Waals surface area (Å²) in [5.41, 5.74) is 0. The Kier molecular flexibility index (Phi) is 13.4. The van der Waals surface area contributed by atoms with Crippen LogP contribution >= 0.6 is 11.9 Å². The average Bonchev–Trinajstić information content (AvgIpc) is 2.25. The van der Waals surface area contributed by atoms with Gasteiger partial charge in [-0.05, 0) is 18.7 Å². The van der Waals surface area contributed by atoms with E-state index in [-0.39, 0.29) is 0 Å². The fraction of sp³-hybridized carbons (Fsp3) is 1.00. The monoisotopic (exact) mass is 249 g/mol. The summed E-state index contributed by atoms with van der Waals surface area (Å²) in [5.74, 6) is 0.714. The Labute approximate surface area is 104 Å². The molecule has 0 saturated carbocycles. The van der Waals surface area contributed by atoms with Gasteiger partial charge in [-0.15, -0.1) is 0 Å². The summed E-state index contributed by atoms with van der Waals surface area (Å²) in [6.07, 6.45) is 2.03. The molecular formula is C11H27N3OS. The Bertz CT molecular complexity index is 136. The lowest BCUT2D eigenvalue weighted by atomic mass is 10.2. The SMILES string of the molecule is CSNCCNCCOCCNCC(C)C. The van der Waals surface area contributed by atoms with E-state index in [0.29, 0.717) is 5.92 Å². The molecule has 98 valence electrons. The normalized spacial score (nSPS) is 11.2. The highest BCUT2D eigenvalue weighted by Crippen LogP contribution is 1.85. The van der Waals surface area contributed by atoms with E-state index < -0.39 is 0 Å². The molecule has 0 amide bonds. The van der Waals surface area contributed by atoms with Crippen molar-refractivity contribution >= 4 is 11.9 Å². The van der Waals surface area contributed by atoms with Crippen molar-refractivity contribution in [3.63, 3.8) is 0 Å². The van der Waals surface area contributed by atoms with Crippen molar-refractivity contribution in [1.82, 2.24) is 15.4 Å². The largest absolute Gasteiger partial charge is 0.379 e. The second kappa shape index (κ2) is 13.3. The van der Waals surface area contributed by atoms with Crippen molar-refractivity contribution in [1.29, 1.82) is 0 Å². The Morgan fingerprint density at radius 2 is 1.69 bits per heavy atom. The van der Waals surface area contributed by atoms with Crippen molar-refractivity contribution in [3.8, 4) is 0 Å². The number of hydrogen-bond acceptors (Lipinski definition) is 5. The summed E-state index contributed by atoms with van der Waals surface area (Å²) < 4.78 is 8.65. The van der Waals surface area contributed by atoms with Gasteiger partial charge in [0, 0.05) is 26.2 Å². The van der Waals surface area contributed by atoms with Crippen LogP contribution in [0, 0.1) is 5.92 Å². The molecule has 0 unspecified atom stereocenters. The highest BCUT2D eigenvalue weighted by molar-refractivity contribution is 7.96. The third-order valence-electron chi connectivity index (χ3n) is 1.95. The topological polar surface area (TPSA) is 45.3 Å². The van der Waals surface area contributed by atoms with Gasteiger partial charge < -0.3 is 15.4 Å². The number of ether oxygens (including phenoxy) is 1. The molecule has 0 heterocycles. The fourth-order valence-electron chi connectivity index (χ4n) is 1.15. The maximum absolute atomic E-state index is 5.47. The van der Waals surface area contributed by atoms with Crippen LogP contribution in [0.25, 0.3) is 0 Å². The summed E-state index contributed by atoms with van der Waals surface area (Å²) in [6.45, 7) is 11.0. The molecule has 0 atom stereocenters. The van der Waals surface area contributed by atoms with Gasteiger partial charge in [-0.1, -0.05) is 25.8 Å². The van der Waals surface area contributed by atoms with E-state index in [1.807, 2.05) is 6.26 Å². The van der Waals surface area contributed by atoms with Crippen LogP contribution in [-0.4, -0.2) is 52.2 Å². The Morgan fingerprint density at radius 1 is 1.00 bits per heavy atom. The van der Waals surface area contributed by atoms with E-state index in [1.165, 1.54) is 0 Å². The van der Waals surface area contributed by atoms with Gasteiger partial charge in [-0.25, -0.2) is 0 Å². The van der Waals surface area contributed by atoms with Gasteiger partial charge in [0.2, 0.25) is 0 Å². The van der Waals surface area contributed by atoms with Crippen molar-refractivity contribution in [2.75, 3.05) is 52.2 Å². The van der Waals surface area contributed by atoms with Gasteiger partial charge in [0.15, 0.2) is 0 Å². The summed E-state index contributed by atoms with van der Waals surface area (Å²) in [4.78, 5) is 0. The van der Waals surface area contributed by atoms with Gasteiger partial charge in [0.1, 0.15) is 0 Å². The molecule has 0 saturated heterocycles. The Morgan fingerprint density at radius 3 is 2.31 bits per heavy atom. The van der Waals surface area contributed by atoms with Gasteiger partial charge in [0.25, 0.3) is 0 Å². The quantitative estimate of drug-likeness (QED) is 0.351. The predicted molar refractivity (Wildman–Crippen MR) is 72.9 cm³/mol. The summed E-state index contributed by atoms with van der Waals surface area (Å²) >= 11 is 1.65. The third-order valence-corrected chi connectivity index (χ3v) is 2.44. The highest BCUT2D eigenvalue weighted by Gasteiger charge is 1.92. The van der Waals surface area contributed by atoms with E-state index in [2.05, 4.69) is 29.2 Å². The molecule has 0 aromatic heterocycles. The predicted octanol–water partition coefficient (Wildman–Crippen LogP) is 0.706. The minimum atomic E-state index is 0.714. The molecule has 0 radical (unpaired) electrons. The first-order valence-corrected chi connectivity index (χ1v) is 7.25. The van der Waals surface area contributed by atoms with Crippen LogP contribution in [0.3, 0.4) is 0 Å². The minimum Gasteiger partial charge on any atom is -0.379 e. The smallest absolute Gasteiger partial charge is 0.0591 e. The van der Waals surface area contributed by atoms with Gasteiger partial charge >= 0.3 is 0 Å². The second-order valence-electron chi connectivity index (χ2n) is 4.06. The first-order chi connectivity index (χ1) is 7.77. The van der Waals surface area contributed by atoms with Crippen LogP contribution in [0.4, 0.5) is 0 Å². The zero-order valence-electron chi connectivity index (χ0n) is 10.8. The van der Waals surface area contributed by atoms with E-state index in [1.54, 1.807) is 11.9 Å². The van der Waals surface area contributed by atoms with Crippen LogP contribution in [0.5, 0.6) is 0 Å². The van der Waals surface area contributed by atoms with Crippen LogP contribution in [0.15, 0.2) is 0 Å². The third kappa shape index (κ3) is 14.2. The molecule has 0 aromatic rings. The molecule has 5 heteroatoms. The Hall–Kier alpha value is 0.190. The molecule has 0 bridgehead atoms. The molecule has 0 rings (SSSR count). The zero-order valence-corrected chi connectivity index (χ0v) is 11.7. The maximum Gasteiger partial charge on any atom is 0.0591 e. The second-order valence-corrected chi connectivity index (χ2v) is 4.76. The lowest BCUT2D eigenvalue weighted by Crippen LogP contribution is -2.28.